The van der Waals surface area contributed by atoms with Crippen molar-refractivity contribution in [2.24, 2.45) is 5.92 Å². The van der Waals surface area contributed by atoms with Crippen molar-refractivity contribution in [3.8, 4) is 0 Å². The van der Waals surface area contributed by atoms with Gasteiger partial charge in [0.15, 0.2) is 10.9 Å². The lowest BCUT2D eigenvalue weighted by Crippen LogP contribution is -2.27. The van der Waals surface area contributed by atoms with E-state index < -0.39 is 0 Å². The summed E-state index contributed by atoms with van der Waals surface area (Å²) >= 11 is 1.34. The van der Waals surface area contributed by atoms with Crippen molar-refractivity contribution in [2.45, 2.75) is 58.8 Å². The summed E-state index contributed by atoms with van der Waals surface area (Å²) in [5.74, 6) is 0.884. The number of para-hydroxylation sites is 1. The van der Waals surface area contributed by atoms with Gasteiger partial charge in [0.05, 0.1) is 22.7 Å². The van der Waals surface area contributed by atoms with E-state index in [0.717, 1.165) is 35.5 Å². The number of aromatic nitrogens is 3. The Bertz CT molecular complexity index is 1400. The lowest BCUT2D eigenvalue weighted by molar-refractivity contribution is 0.102. The maximum absolute atomic E-state index is 13.5. The molecule has 2 aromatic heterocycles. The van der Waals surface area contributed by atoms with E-state index in [1.807, 2.05) is 74.5 Å². The standard InChI is InChI=1S/C29H33N3O2S/c1-19(2)15-16-31-20(3)17-25(22(31)5)27(33)18-35-29-30-26-14-10-9-13-24(26)28(34)32(29)21(4)23-11-7-6-8-12-23/h6-14,17,19,21H,15-16,18H2,1-5H3/t21-/m0/s1. The van der Waals surface area contributed by atoms with Crippen LogP contribution in [0.2, 0.25) is 0 Å². The van der Waals surface area contributed by atoms with E-state index in [9.17, 15) is 9.59 Å². The molecule has 0 aliphatic carbocycles. The van der Waals surface area contributed by atoms with E-state index in [-0.39, 0.29) is 23.1 Å². The number of fused-ring (bicyclic) bond motifs is 1. The molecule has 4 aromatic rings. The summed E-state index contributed by atoms with van der Waals surface area (Å²) in [6, 6.07) is 19.1. The average Bonchev–Trinajstić information content (AvgIpc) is 3.14. The van der Waals surface area contributed by atoms with Crippen molar-refractivity contribution in [3.05, 3.63) is 93.5 Å². The number of hydrogen-bond donors (Lipinski definition) is 0. The van der Waals surface area contributed by atoms with Crippen LogP contribution in [0.15, 0.2) is 70.6 Å². The minimum Gasteiger partial charge on any atom is -0.348 e. The lowest BCUT2D eigenvalue weighted by Gasteiger charge is -2.20. The molecule has 0 aliphatic heterocycles. The van der Waals surface area contributed by atoms with Crippen LogP contribution in [0.5, 0.6) is 0 Å². The zero-order valence-electron chi connectivity index (χ0n) is 21.1. The summed E-state index contributed by atoms with van der Waals surface area (Å²) in [7, 11) is 0. The molecule has 0 saturated heterocycles. The Hall–Kier alpha value is -3.12. The summed E-state index contributed by atoms with van der Waals surface area (Å²) in [6.45, 7) is 11.4. The van der Waals surface area contributed by atoms with Crippen LogP contribution in [-0.4, -0.2) is 25.7 Å². The molecule has 4 rings (SSSR count). The van der Waals surface area contributed by atoms with Crippen LogP contribution in [0.3, 0.4) is 0 Å². The maximum Gasteiger partial charge on any atom is 0.262 e. The summed E-state index contributed by atoms with van der Waals surface area (Å²) in [5, 5.41) is 1.15. The number of nitrogens with zero attached hydrogens (tertiary/aromatic N) is 3. The third-order valence-corrected chi connectivity index (χ3v) is 7.53. The lowest BCUT2D eigenvalue weighted by atomic mass is 10.1. The first-order valence-corrected chi connectivity index (χ1v) is 13.2. The molecule has 6 heteroatoms. The molecule has 0 fully saturated rings. The van der Waals surface area contributed by atoms with Gasteiger partial charge in [0.1, 0.15) is 0 Å². The van der Waals surface area contributed by atoms with Gasteiger partial charge in [-0.25, -0.2) is 4.98 Å². The van der Waals surface area contributed by atoms with Gasteiger partial charge in [-0.3, -0.25) is 14.2 Å². The molecule has 0 bridgehead atoms. The summed E-state index contributed by atoms with van der Waals surface area (Å²) in [6.07, 6.45) is 1.07. The molecule has 5 nitrogen and oxygen atoms in total. The van der Waals surface area contributed by atoms with Crippen molar-refractivity contribution >= 4 is 28.4 Å². The van der Waals surface area contributed by atoms with E-state index >= 15 is 0 Å². The van der Waals surface area contributed by atoms with Crippen molar-refractivity contribution in [1.82, 2.24) is 14.1 Å². The highest BCUT2D eigenvalue weighted by molar-refractivity contribution is 7.99. The van der Waals surface area contributed by atoms with E-state index in [0.29, 0.717) is 22.0 Å². The minimum absolute atomic E-state index is 0.0558. The van der Waals surface area contributed by atoms with Gasteiger partial charge >= 0.3 is 0 Å². The van der Waals surface area contributed by atoms with Crippen molar-refractivity contribution in [3.63, 3.8) is 0 Å². The quantitative estimate of drug-likeness (QED) is 0.155. The van der Waals surface area contributed by atoms with Crippen LogP contribution in [0.25, 0.3) is 10.9 Å². The molecule has 0 unspecified atom stereocenters. The van der Waals surface area contributed by atoms with Gasteiger partial charge in [-0.1, -0.05) is 68.1 Å². The summed E-state index contributed by atoms with van der Waals surface area (Å²) in [4.78, 5) is 31.6. The molecule has 35 heavy (non-hydrogen) atoms. The van der Waals surface area contributed by atoms with E-state index in [2.05, 4.69) is 25.3 Å². The predicted octanol–water partition coefficient (Wildman–Crippen LogP) is 6.45. The fourth-order valence-corrected chi connectivity index (χ4v) is 5.43. The molecule has 0 radical (unpaired) electrons. The molecular weight excluding hydrogens is 454 g/mol. The first-order chi connectivity index (χ1) is 16.8. The Morgan fingerprint density at radius 1 is 1.00 bits per heavy atom. The third-order valence-electron chi connectivity index (χ3n) is 6.58. The fraction of sp³-hybridized carbons (Fsp3) is 0.345. The van der Waals surface area contributed by atoms with Crippen LogP contribution >= 0.6 is 11.8 Å². The second-order valence-electron chi connectivity index (χ2n) is 9.50. The van der Waals surface area contributed by atoms with Gasteiger partial charge in [-0.15, -0.1) is 0 Å². The van der Waals surface area contributed by atoms with Gasteiger partial charge in [-0.2, -0.15) is 0 Å². The largest absolute Gasteiger partial charge is 0.348 e. The van der Waals surface area contributed by atoms with Crippen LogP contribution in [0, 0.1) is 19.8 Å². The Kier molecular flexibility index (Phi) is 7.60. The molecule has 0 spiro atoms. The van der Waals surface area contributed by atoms with E-state index in [1.165, 1.54) is 11.8 Å². The highest BCUT2D eigenvalue weighted by Gasteiger charge is 2.21. The van der Waals surface area contributed by atoms with E-state index in [4.69, 9.17) is 4.98 Å². The number of ketones is 1. The van der Waals surface area contributed by atoms with Gasteiger partial charge in [-0.05, 0) is 56.9 Å². The smallest absolute Gasteiger partial charge is 0.262 e. The van der Waals surface area contributed by atoms with Crippen molar-refractivity contribution in [2.75, 3.05) is 5.75 Å². The molecule has 2 aromatic carbocycles. The number of carbonyl (C=O) groups excluding carboxylic acids is 1. The van der Waals surface area contributed by atoms with Crippen LogP contribution in [0.4, 0.5) is 0 Å². The molecule has 2 heterocycles. The summed E-state index contributed by atoms with van der Waals surface area (Å²) < 4.78 is 3.96. The zero-order chi connectivity index (χ0) is 25.1. The minimum atomic E-state index is -0.209. The van der Waals surface area contributed by atoms with Crippen LogP contribution < -0.4 is 5.56 Å². The normalized spacial score (nSPS) is 12.4. The van der Waals surface area contributed by atoms with Gasteiger partial charge in [0.2, 0.25) is 0 Å². The number of aryl methyl sites for hydroxylation is 1. The number of rotatable bonds is 9. The number of benzene rings is 2. The first kappa shape index (κ1) is 25.0. The van der Waals surface area contributed by atoms with Gasteiger partial charge < -0.3 is 4.57 Å². The Balaban J connectivity index is 1.66. The molecule has 182 valence electrons. The van der Waals surface area contributed by atoms with Crippen molar-refractivity contribution in [1.29, 1.82) is 0 Å². The first-order valence-electron chi connectivity index (χ1n) is 12.2. The monoisotopic (exact) mass is 487 g/mol. The van der Waals surface area contributed by atoms with Gasteiger partial charge in [0, 0.05) is 23.5 Å². The van der Waals surface area contributed by atoms with Gasteiger partial charge in [0.25, 0.3) is 5.56 Å². The van der Waals surface area contributed by atoms with Crippen LogP contribution in [0.1, 0.15) is 60.5 Å². The molecule has 0 saturated carbocycles. The average molecular weight is 488 g/mol. The second kappa shape index (κ2) is 10.6. The Morgan fingerprint density at radius 3 is 2.40 bits per heavy atom. The SMILES string of the molecule is Cc1cc(C(=O)CSc2nc3ccccc3c(=O)n2[C@@H](C)c2ccccc2)c(C)n1CCC(C)C. The predicted molar refractivity (Wildman–Crippen MR) is 145 cm³/mol. The maximum atomic E-state index is 13.5. The zero-order valence-corrected chi connectivity index (χ0v) is 21.9. The highest BCUT2D eigenvalue weighted by Crippen LogP contribution is 2.26. The second-order valence-corrected chi connectivity index (χ2v) is 10.4. The van der Waals surface area contributed by atoms with E-state index in [1.54, 1.807) is 4.57 Å². The molecule has 1 atom stereocenters. The fourth-order valence-electron chi connectivity index (χ4n) is 4.47. The number of hydrogen-bond acceptors (Lipinski definition) is 4. The molecule has 0 aliphatic rings. The highest BCUT2D eigenvalue weighted by atomic mass is 32.2. The van der Waals surface area contributed by atoms with Crippen molar-refractivity contribution < 1.29 is 4.79 Å². The number of Topliss-reactive ketones (excluding diaryl/α,β-unsaturated/α-hetero) is 1. The number of thioether (sulfide) groups is 1. The summed E-state index contributed by atoms with van der Waals surface area (Å²) in [5.41, 5.74) is 4.45. The Labute approximate surface area is 211 Å². The molecule has 0 amide bonds. The molecule has 0 N–H and O–H groups in total. The number of carbonyl (C=O) groups is 1. The topological polar surface area (TPSA) is 56.9 Å². The van der Waals surface area contributed by atoms with Crippen LogP contribution in [-0.2, 0) is 6.54 Å². The third kappa shape index (κ3) is 5.27. The Morgan fingerprint density at radius 2 is 1.69 bits per heavy atom. The molecular formula is C29H33N3O2S.